The molecule has 0 aliphatic carbocycles. The van der Waals surface area contributed by atoms with Gasteiger partial charge in [0.2, 0.25) is 0 Å². The van der Waals surface area contributed by atoms with Gasteiger partial charge in [-0.1, -0.05) is 22.9 Å². The maximum absolute atomic E-state index is 13.3. The molecule has 1 aromatic heterocycles. The third-order valence-electron chi connectivity index (χ3n) is 2.60. The van der Waals surface area contributed by atoms with Crippen LogP contribution in [0.1, 0.15) is 24.2 Å². The van der Waals surface area contributed by atoms with Gasteiger partial charge in [-0.25, -0.2) is 4.39 Å². The van der Waals surface area contributed by atoms with Crippen molar-refractivity contribution in [2.75, 3.05) is 6.54 Å². The number of aromatic nitrogens is 3. The fraction of sp³-hybridized carbons (Fsp3) is 0.333. The van der Waals surface area contributed by atoms with Gasteiger partial charge in [-0.05, 0) is 36.7 Å². The number of hydrogen-bond donors (Lipinski definition) is 2. The van der Waals surface area contributed by atoms with Gasteiger partial charge in [0.1, 0.15) is 5.82 Å². The Kier molecular flexibility index (Phi) is 4.43. The first-order valence-electron chi connectivity index (χ1n) is 5.73. The SMILES string of the molecule is CCNC(Cc1cc(F)cc(Br)c1)c1cn[nH]n1. The fourth-order valence-electron chi connectivity index (χ4n) is 1.87. The molecule has 0 aliphatic rings. The van der Waals surface area contributed by atoms with Crippen LogP contribution in [-0.4, -0.2) is 22.0 Å². The lowest BCUT2D eigenvalue weighted by molar-refractivity contribution is 0.533. The molecule has 0 spiro atoms. The molecule has 1 heterocycles. The van der Waals surface area contributed by atoms with Crippen molar-refractivity contribution in [3.8, 4) is 0 Å². The Hall–Kier alpha value is -1.27. The molecule has 0 amide bonds. The van der Waals surface area contributed by atoms with Crippen LogP contribution in [0, 0.1) is 5.82 Å². The van der Waals surface area contributed by atoms with Crippen LogP contribution in [0.2, 0.25) is 0 Å². The molecule has 2 aromatic rings. The van der Waals surface area contributed by atoms with Crippen LogP contribution in [0.4, 0.5) is 4.39 Å². The molecule has 96 valence electrons. The van der Waals surface area contributed by atoms with Gasteiger partial charge >= 0.3 is 0 Å². The van der Waals surface area contributed by atoms with Crippen molar-refractivity contribution in [3.05, 3.63) is 45.9 Å². The van der Waals surface area contributed by atoms with Crippen LogP contribution in [-0.2, 0) is 6.42 Å². The molecule has 0 saturated carbocycles. The normalized spacial score (nSPS) is 12.6. The zero-order valence-corrected chi connectivity index (χ0v) is 11.5. The molecule has 2 N–H and O–H groups in total. The zero-order chi connectivity index (χ0) is 13.0. The van der Waals surface area contributed by atoms with Crippen LogP contribution >= 0.6 is 15.9 Å². The lowest BCUT2D eigenvalue weighted by atomic mass is 10.0. The molecular weight excluding hydrogens is 299 g/mol. The summed E-state index contributed by atoms with van der Waals surface area (Å²) in [4.78, 5) is 0. The number of rotatable bonds is 5. The Bertz CT molecular complexity index is 481. The molecule has 0 saturated heterocycles. The molecule has 1 unspecified atom stereocenters. The minimum atomic E-state index is -0.241. The van der Waals surface area contributed by atoms with E-state index in [1.807, 2.05) is 13.0 Å². The van der Waals surface area contributed by atoms with Gasteiger partial charge in [0.15, 0.2) is 0 Å². The first-order chi connectivity index (χ1) is 8.69. The van der Waals surface area contributed by atoms with Crippen molar-refractivity contribution >= 4 is 15.9 Å². The zero-order valence-electron chi connectivity index (χ0n) is 9.95. The van der Waals surface area contributed by atoms with Gasteiger partial charge in [0.25, 0.3) is 0 Å². The molecule has 1 aromatic carbocycles. The molecule has 0 radical (unpaired) electrons. The molecule has 6 heteroatoms. The Morgan fingerprint density at radius 3 is 2.89 bits per heavy atom. The van der Waals surface area contributed by atoms with Crippen molar-refractivity contribution in [2.45, 2.75) is 19.4 Å². The van der Waals surface area contributed by atoms with Crippen molar-refractivity contribution in [1.82, 2.24) is 20.7 Å². The number of hydrogen-bond acceptors (Lipinski definition) is 3. The van der Waals surface area contributed by atoms with Crippen LogP contribution in [0.15, 0.2) is 28.9 Å². The highest BCUT2D eigenvalue weighted by Gasteiger charge is 2.14. The summed E-state index contributed by atoms with van der Waals surface area (Å²) in [6.07, 6.45) is 2.35. The van der Waals surface area contributed by atoms with Gasteiger partial charge in [0.05, 0.1) is 17.9 Å². The van der Waals surface area contributed by atoms with E-state index >= 15 is 0 Å². The highest BCUT2D eigenvalue weighted by molar-refractivity contribution is 9.10. The van der Waals surface area contributed by atoms with E-state index in [1.165, 1.54) is 12.1 Å². The summed E-state index contributed by atoms with van der Waals surface area (Å²) >= 11 is 3.30. The van der Waals surface area contributed by atoms with E-state index in [2.05, 4.69) is 36.7 Å². The van der Waals surface area contributed by atoms with Gasteiger partial charge in [-0.2, -0.15) is 15.4 Å². The first-order valence-corrected chi connectivity index (χ1v) is 6.52. The largest absolute Gasteiger partial charge is 0.309 e. The Morgan fingerprint density at radius 2 is 2.28 bits per heavy atom. The second kappa shape index (κ2) is 6.06. The topological polar surface area (TPSA) is 53.6 Å². The standard InChI is InChI=1S/C12H14BrFN4/c1-2-15-11(12-7-16-18-17-12)5-8-3-9(13)6-10(14)4-8/h3-4,6-7,11,15H,2,5H2,1H3,(H,16,17,18). The van der Waals surface area contributed by atoms with Crippen LogP contribution in [0.3, 0.4) is 0 Å². The van der Waals surface area contributed by atoms with E-state index in [-0.39, 0.29) is 11.9 Å². The van der Waals surface area contributed by atoms with E-state index in [9.17, 15) is 4.39 Å². The number of nitrogens with zero attached hydrogens (tertiary/aromatic N) is 2. The van der Waals surface area contributed by atoms with Crippen LogP contribution < -0.4 is 5.32 Å². The fourth-order valence-corrected chi connectivity index (χ4v) is 2.38. The van der Waals surface area contributed by atoms with Crippen molar-refractivity contribution in [3.63, 3.8) is 0 Å². The second-order valence-electron chi connectivity index (χ2n) is 3.99. The average molecular weight is 313 g/mol. The van der Waals surface area contributed by atoms with E-state index in [4.69, 9.17) is 0 Å². The molecule has 0 bridgehead atoms. The highest BCUT2D eigenvalue weighted by Crippen LogP contribution is 2.20. The number of aromatic amines is 1. The summed E-state index contributed by atoms with van der Waals surface area (Å²) in [7, 11) is 0. The third-order valence-corrected chi connectivity index (χ3v) is 3.06. The number of benzene rings is 1. The van der Waals surface area contributed by atoms with Crippen LogP contribution in [0.5, 0.6) is 0 Å². The molecule has 2 rings (SSSR count). The Morgan fingerprint density at radius 1 is 1.44 bits per heavy atom. The molecule has 1 atom stereocenters. The summed E-state index contributed by atoms with van der Waals surface area (Å²) < 4.78 is 14.1. The highest BCUT2D eigenvalue weighted by atomic mass is 79.9. The number of H-pyrrole nitrogens is 1. The summed E-state index contributed by atoms with van der Waals surface area (Å²) in [5.41, 5.74) is 1.74. The number of likely N-dealkylation sites (N-methyl/N-ethyl adjacent to an activating group) is 1. The monoisotopic (exact) mass is 312 g/mol. The van der Waals surface area contributed by atoms with Crippen molar-refractivity contribution in [2.24, 2.45) is 0 Å². The summed E-state index contributed by atoms with van der Waals surface area (Å²) in [6.45, 7) is 2.84. The van der Waals surface area contributed by atoms with Crippen molar-refractivity contribution in [1.29, 1.82) is 0 Å². The summed E-state index contributed by atoms with van der Waals surface area (Å²) in [5, 5.41) is 13.8. The number of nitrogens with one attached hydrogen (secondary N) is 2. The molecule has 0 fully saturated rings. The van der Waals surface area contributed by atoms with Gasteiger partial charge in [-0.15, -0.1) is 0 Å². The first kappa shape index (κ1) is 13.2. The minimum absolute atomic E-state index is 0.0300. The predicted octanol–water partition coefficient (Wildman–Crippen LogP) is 2.60. The third kappa shape index (κ3) is 3.36. The quantitative estimate of drug-likeness (QED) is 0.892. The molecule has 18 heavy (non-hydrogen) atoms. The maximum atomic E-state index is 13.3. The summed E-state index contributed by atoms with van der Waals surface area (Å²) in [5.74, 6) is -0.241. The molecule has 0 aliphatic heterocycles. The lowest BCUT2D eigenvalue weighted by Gasteiger charge is -2.15. The Labute approximate surface area is 113 Å². The van der Waals surface area contributed by atoms with E-state index in [0.29, 0.717) is 6.42 Å². The van der Waals surface area contributed by atoms with E-state index < -0.39 is 0 Å². The summed E-state index contributed by atoms with van der Waals surface area (Å²) in [6, 6.07) is 4.92. The van der Waals surface area contributed by atoms with Gasteiger partial charge in [-0.3, -0.25) is 0 Å². The van der Waals surface area contributed by atoms with Crippen LogP contribution in [0.25, 0.3) is 0 Å². The van der Waals surface area contributed by atoms with E-state index in [1.54, 1.807) is 6.20 Å². The molecule has 4 nitrogen and oxygen atoms in total. The van der Waals surface area contributed by atoms with Crippen molar-refractivity contribution < 1.29 is 4.39 Å². The average Bonchev–Trinajstić information content (AvgIpc) is 2.80. The van der Waals surface area contributed by atoms with Gasteiger partial charge in [0, 0.05) is 4.47 Å². The smallest absolute Gasteiger partial charge is 0.124 e. The predicted molar refractivity (Wildman–Crippen MR) is 70.6 cm³/mol. The second-order valence-corrected chi connectivity index (χ2v) is 4.90. The lowest BCUT2D eigenvalue weighted by Crippen LogP contribution is -2.23. The maximum Gasteiger partial charge on any atom is 0.124 e. The van der Waals surface area contributed by atoms with E-state index in [0.717, 1.165) is 22.3 Å². The number of halogens is 2. The van der Waals surface area contributed by atoms with Gasteiger partial charge < -0.3 is 5.32 Å². The Balaban J connectivity index is 2.18. The minimum Gasteiger partial charge on any atom is -0.309 e. The molecular formula is C12H14BrFN4.